The highest BCUT2D eigenvalue weighted by atomic mass is 32.2. The Morgan fingerprint density at radius 2 is 2.24 bits per heavy atom. The van der Waals surface area contributed by atoms with Gasteiger partial charge in [0.05, 0.1) is 17.5 Å². The SMILES string of the molecule is Cc1nn(C)c2c1nc(SCC(=O)O)n2C1CCN(C)C1. The van der Waals surface area contributed by atoms with Crippen molar-refractivity contribution in [3.05, 3.63) is 5.69 Å². The first-order valence-electron chi connectivity index (χ1n) is 6.92. The summed E-state index contributed by atoms with van der Waals surface area (Å²) in [6.45, 7) is 3.94. The van der Waals surface area contributed by atoms with Gasteiger partial charge < -0.3 is 10.0 Å². The molecule has 3 rings (SSSR count). The third-order valence-electron chi connectivity index (χ3n) is 3.86. The van der Waals surface area contributed by atoms with E-state index in [4.69, 9.17) is 5.11 Å². The van der Waals surface area contributed by atoms with Gasteiger partial charge in [0.25, 0.3) is 0 Å². The summed E-state index contributed by atoms with van der Waals surface area (Å²) in [5, 5.41) is 14.1. The summed E-state index contributed by atoms with van der Waals surface area (Å²) >= 11 is 1.28. The number of likely N-dealkylation sites (N-methyl/N-ethyl adjacent to an activating group) is 1. The Labute approximate surface area is 126 Å². The van der Waals surface area contributed by atoms with Gasteiger partial charge in [-0.1, -0.05) is 11.8 Å². The lowest BCUT2D eigenvalue weighted by molar-refractivity contribution is -0.133. The second-order valence-corrected chi connectivity index (χ2v) is 6.48. The number of hydrogen-bond acceptors (Lipinski definition) is 5. The standard InChI is InChI=1S/C13H19N5O2S/c1-8-11-12(17(3)15-8)18(9-4-5-16(2)6-9)13(14-11)21-7-10(19)20/h9H,4-7H2,1-3H3,(H,19,20). The van der Waals surface area contributed by atoms with Crippen LogP contribution in [-0.4, -0.2) is 61.2 Å². The van der Waals surface area contributed by atoms with Gasteiger partial charge in [-0.3, -0.25) is 14.0 Å². The van der Waals surface area contributed by atoms with Crippen LogP contribution in [0.1, 0.15) is 18.2 Å². The van der Waals surface area contributed by atoms with E-state index in [1.54, 1.807) is 0 Å². The average molecular weight is 309 g/mol. The zero-order chi connectivity index (χ0) is 15.1. The number of imidazole rings is 1. The maximum atomic E-state index is 10.9. The molecule has 2 aromatic rings. The van der Waals surface area contributed by atoms with Gasteiger partial charge in [-0.15, -0.1) is 0 Å². The van der Waals surface area contributed by atoms with E-state index >= 15 is 0 Å². The molecule has 1 aliphatic rings. The van der Waals surface area contributed by atoms with E-state index < -0.39 is 5.97 Å². The van der Waals surface area contributed by atoms with Gasteiger partial charge in [0, 0.05) is 13.6 Å². The fourth-order valence-corrected chi connectivity index (χ4v) is 3.74. The third kappa shape index (κ3) is 2.53. The van der Waals surface area contributed by atoms with Crippen LogP contribution >= 0.6 is 11.8 Å². The van der Waals surface area contributed by atoms with Crippen LogP contribution < -0.4 is 0 Å². The van der Waals surface area contributed by atoms with E-state index in [0.717, 1.165) is 41.5 Å². The summed E-state index contributed by atoms with van der Waals surface area (Å²) < 4.78 is 4.02. The smallest absolute Gasteiger partial charge is 0.313 e. The van der Waals surface area contributed by atoms with Crippen LogP contribution in [0.4, 0.5) is 0 Å². The lowest BCUT2D eigenvalue weighted by Gasteiger charge is -2.16. The zero-order valence-electron chi connectivity index (χ0n) is 12.4. The lowest BCUT2D eigenvalue weighted by atomic mass is 10.2. The highest BCUT2D eigenvalue weighted by molar-refractivity contribution is 7.99. The minimum absolute atomic E-state index is 0.0261. The fraction of sp³-hybridized carbons (Fsp3) is 0.615. The summed E-state index contributed by atoms with van der Waals surface area (Å²) in [7, 11) is 4.02. The average Bonchev–Trinajstić information content (AvgIpc) is 3.05. The van der Waals surface area contributed by atoms with Crippen LogP contribution in [0.25, 0.3) is 11.2 Å². The number of hydrogen-bond donors (Lipinski definition) is 1. The number of rotatable bonds is 4. The van der Waals surface area contributed by atoms with Crippen LogP contribution in [0.15, 0.2) is 5.16 Å². The minimum Gasteiger partial charge on any atom is -0.481 e. The van der Waals surface area contributed by atoms with Crippen molar-refractivity contribution >= 4 is 28.9 Å². The van der Waals surface area contributed by atoms with Gasteiger partial charge in [-0.2, -0.15) is 5.10 Å². The topological polar surface area (TPSA) is 76.2 Å². The molecule has 1 saturated heterocycles. The molecule has 114 valence electrons. The highest BCUT2D eigenvalue weighted by Gasteiger charge is 2.28. The van der Waals surface area contributed by atoms with Gasteiger partial charge in [0.2, 0.25) is 0 Å². The number of likely N-dealkylation sites (tertiary alicyclic amines) is 1. The van der Waals surface area contributed by atoms with Crippen molar-refractivity contribution in [3.8, 4) is 0 Å². The monoisotopic (exact) mass is 309 g/mol. The van der Waals surface area contributed by atoms with Crippen LogP contribution in [0.3, 0.4) is 0 Å². The number of fused-ring (bicyclic) bond motifs is 1. The van der Waals surface area contributed by atoms with E-state index in [2.05, 4.69) is 26.6 Å². The Morgan fingerprint density at radius 3 is 2.86 bits per heavy atom. The summed E-state index contributed by atoms with van der Waals surface area (Å²) in [5.74, 6) is -0.796. The Hall–Kier alpha value is -1.54. The summed E-state index contributed by atoms with van der Waals surface area (Å²) in [6, 6.07) is 0.325. The predicted molar refractivity (Wildman–Crippen MR) is 80.7 cm³/mol. The fourth-order valence-electron chi connectivity index (χ4n) is 2.96. The highest BCUT2D eigenvalue weighted by Crippen LogP contribution is 2.32. The molecule has 8 heteroatoms. The molecule has 1 N–H and O–H groups in total. The molecule has 2 aromatic heterocycles. The summed E-state index contributed by atoms with van der Waals surface area (Å²) in [5.41, 5.74) is 2.75. The van der Waals surface area contributed by atoms with Crippen LogP contribution in [0.5, 0.6) is 0 Å². The third-order valence-corrected chi connectivity index (χ3v) is 4.80. The Kier molecular flexibility index (Phi) is 3.66. The molecule has 0 spiro atoms. The number of nitrogens with zero attached hydrogens (tertiary/aromatic N) is 5. The molecular weight excluding hydrogens is 290 g/mol. The molecule has 7 nitrogen and oxygen atoms in total. The van der Waals surface area contributed by atoms with E-state index in [1.807, 2.05) is 18.7 Å². The first-order chi connectivity index (χ1) is 9.97. The lowest BCUT2D eigenvalue weighted by Crippen LogP contribution is -2.18. The normalized spacial score (nSPS) is 19.7. The second kappa shape index (κ2) is 5.34. The Bertz CT molecular complexity index is 692. The van der Waals surface area contributed by atoms with Gasteiger partial charge >= 0.3 is 5.97 Å². The Morgan fingerprint density at radius 1 is 1.48 bits per heavy atom. The molecule has 3 heterocycles. The van der Waals surface area contributed by atoms with Crippen molar-refractivity contribution in [2.75, 3.05) is 25.9 Å². The van der Waals surface area contributed by atoms with Gasteiger partial charge in [0.1, 0.15) is 5.52 Å². The minimum atomic E-state index is -0.822. The first kappa shape index (κ1) is 14.4. The number of aryl methyl sites for hydroxylation is 2. The molecule has 0 saturated carbocycles. The second-order valence-electron chi connectivity index (χ2n) is 5.53. The molecule has 1 atom stereocenters. The predicted octanol–water partition coefficient (Wildman–Crippen LogP) is 1.13. The molecular formula is C13H19N5O2S. The van der Waals surface area contributed by atoms with Crippen molar-refractivity contribution in [2.45, 2.75) is 24.5 Å². The first-order valence-corrected chi connectivity index (χ1v) is 7.90. The molecule has 1 aliphatic heterocycles. The van der Waals surface area contributed by atoms with Crippen molar-refractivity contribution in [3.63, 3.8) is 0 Å². The van der Waals surface area contributed by atoms with E-state index in [9.17, 15) is 4.79 Å². The number of carboxylic acid groups (broad SMARTS) is 1. The molecule has 1 fully saturated rings. The van der Waals surface area contributed by atoms with E-state index in [1.165, 1.54) is 11.8 Å². The number of carboxylic acids is 1. The van der Waals surface area contributed by atoms with Gasteiger partial charge in [-0.05, 0) is 26.9 Å². The maximum absolute atomic E-state index is 10.9. The van der Waals surface area contributed by atoms with Crippen molar-refractivity contribution in [1.82, 2.24) is 24.2 Å². The number of aliphatic carboxylic acids is 1. The quantitative estimate of drug-likeness (QED) is 0.853. The van der Waals surface area contributed by atoms with Crippen LogP contribution in [-0.2, 0) is 11.8 Å². The van der Waals surface area contributed by atoms with Crippen LogP contribution in [0.2, 0.25) is 0 Å². The van der Waals surface area contributed by atoms with Gasteiger partial charge in [-0.25, -0.2) is 4.98 Å². The zero-order valence-corrected chi connectivity index (χ0v) is 13.2. The molecule has 0 aliphatic carbocycles. The maximum Gasteiger partial charge on any atom is 0.313 e. The van der Waals surface area contributed by atoms with Crippen molar-refractivity contribution < 1.29 is 9.90 Å². The van der Waals surface area contributed by atoms with Crippen molar-refractivity contribution in [1.29, 1.82) is 0 Å². The van der Waals surface area contributed by atoms with Gasteiger partial charge in [0.15, 0.2) is 10.8 Å². The molecule has 21 heavy (non-hydrogen) atoms. The molecule has 0 amide bonds. The summed E-state index contributed by atoms with van der Waals surface area (Å²) in [4.78, 5) is 17.8. The molecule has 0 bridgehead atoms. The van der Waals surface area contributed by atoms with Crippen LogP contribution in [0, 0.1) is 6.92 Å². The number of carbonyl (C=O) groups is 1. The molecule has 1 unspecified atom stereocenters. The molecule has 0 radical (unpaired) electrons. The number of aromatic nitrogens is 4. The van der Waals surface area contributed by atoms with E-state index in [0.29, 0.717) is 6.04 Å². The van der Waals surface area contributed by atoms with Crippen molar-refractivity contribution in [2.24, 2.45) is 7.05 Å². The van der Waals surface area contributed by atoms with E-state index in [-0.39, 0.29) is 5.75 Å². The summed E-state index contributed by atoms with van der Waals surface area (Å²) in [6.07, 6.45) is 1.05. The largest absolute Gasteiger partial charge is 0.481 e. The molecule has 0 aromatic carbocycles. The number of thioether (sulfide) groups is 1. The Balaban J connectivity index is 2.07.